The van der Waals surface area contributed by atoms with Gasteiger partial charge >= 0.3 is 0 Å². The van der Waals surface area contributed by atoms with Crippen molar-refractivity contribution in [1.29, 1.82) is 0 Å². The molecular weight excluding hydrogens is 273 g/mol. The first kappa shape index (κ1) is 15.3. The summed E-state index contributed by atoms with van der Waals surface area (Å²) in [5, 5.41) is 10.4. The number of amides is 1. The molecule has 1 N–H and O–H groups in total. The second kappa shape index (κ2) is 6.98. The zero-order valence-corrected chi connectivity index (χ0v) is 12.0. The van der Waals surface area contributed by atoms with Crippen LogP contribution in [0.1, 0.15) is 30.6 Å². The molecule has 1 atom stereocenters. The zero-order chi connectivity index (χ0) is 13.7. The van der Waals surface area contributed by atoms with Crippen LogP contribution in [0.4, 0.5) is 0 Å². The molecule has 1 aromatic carbocycles. The molecule has 0 saturated carbocycles. The maximum absolute atomic E-state index is 12.2. The van der Waals surface area contributed by atoms with Crippen molar-refractivity contribution < 1.29 is 9.90 Å². The van der Waals surface area contributed by atoms with Crippen LogP contribution in [-0.2, 0) is 0 Å². The average Bonchev–Trinajstić information content (AvgIpc) is 2.34. The molecule has 100 valence electrons. The molecule has 18 heavy (non-hydrogen) atoms. The second-order valence-corrected chi connectivity index (χ2v) is 4.87. The minimum absolute atomic E-state index is 0.188. The molecule has 1 amide bonds. The van der Waals surface area contributed by atoms with Crippen LogP contribution in [0.15, 0.2) is 18.2 Å². The molecular formula is C13H17Cl2NO2. The standard InChI is InChI=1S/C13H17Cl2NO2/c1-3-10(17)8-16(4-2)13(18)11-6-5-9(14)7-12(11)15/h5-7,10,17H,3-4,8H2,1-2H3. The van der Waals surface area contributed by atoms with E-state index in [1.165, 1.54) is 0 Å². The monoisotopic (exact) mass is 289 g/mol. The third kappa shape index (κ3) is 3.87. The van der Waals surface area contributed by atoms with E-state index in [1.807, 2.05) is 13.8 Å². The van der Waals surface area contributed by atoms with Crippen molar-refractivity contribution in [2.24, 2.45) is 0 Å². The highest BCUT2D eigenvalue weighted by Gasteiger charge is 2.19. The molecule has 0 saturated heterocycles. The maximum atomic E-state index is 12.2. The number of carbonyl (C=O) groups excluding carboxylic acids is 1. The molecule has 0 aliphatic carbocycles. The summed E-state index contributed by atoms with van der Waals surface area (Å²) in [7, 11) is 0. The molecule has 0 aliphatic rings. The third-order valence-electron chi connectivity index (χ3n) is 2.73. The number of benzene rings is 1. The van der Waals surface area contributed by atoms with E-state index in [4.69, 9.17) is 23.2 Å². The van der Waals surface area contributed by atoms with Crippen LogP contribution >= 0.6 is 23.2 Å². The quantitative estimate of drug-likeness (QED) is 0.904. The van der Waals surface area contributed by atoms with Gasteiger partial charge in [-0.1, -0.05) is 30.1 Å². The number of hydrogen-bond acceptors (Lipinski definition) is 2. The van der Waals surface area contributed by atoms with Gasteiger partial charge in [-0.05, 0) is 31.5 Å². The highest BCUT2D eigenvalue weighted by molar-refractivity contribution is 6.36. The molecule has 0 spiro atoms. The van der Waals surface area contributed by atoms with Crippen molar-refractivity contribution in [2.75, 3.05) is 13.1 Å². The van der Waals surface area contributed by atoms with Gasteiger partial charge in [0.1, 0.15) is 0 Å². The lowest BCUT2D eigenvalue weighted by Crippen LogP contribution is -2.37. The van der Waals surface area contributed by atoms with Crippen LogP contribution in [0, 0.1) is 0 Å². The summed E-state index contributed by atoms with van der Waals surface area (Å²) >= 11 is 11.8. The summed E-state index contributed by atoms with van der Waals surface area (Å²) in [6.45, 7) is 4.57. The highest BCUT2D eigenvalue weighted by Crippen LogP contribution is 2.22. The van der Waals surface area contributed by atoms with Crippen molar-refractivity contribution in [3.63, 3.8) is 0 Å². The van der Waals surface area contributed by atoms with Crippen LogP contribution in [0.5, 0.6) is 0 Å². The third-order valence-corrected chi connectivity index (χ3v) is 3.28. The van der Waals surface area contributed by atoms with Gasteiger partial charge in [-0.2, -0.15) is 0 Å². The van der Waals surface area contributed by atoms with Gasteiger partial charge in [0, 0.05) is 18.1 Å². The Kier molecular flexibility index (Phi) is 5.93. The molecule has 0 heterocycles. The molecule has 0 aromatic heterocycles. The minimum Gasteiger partial charge on any atom is -0.391 e. The largest absolute Gasteiger partial charge is 0.391 e. The Balaban J connectivity index is 2.89. The van der Waals surface area contributed by atoms with Gasteiger partial charge in [-0.15, -0.1) is 0 Å². The number of carbonyl (C=O) groups is 1. The van der Waals surface area contributed by atoms with Gasteiger partial charge in [0.25, 0.3) is 5.91 Å². The van der Waals surface area contributed by atoms with E-state index in [9.17, 15) is 9.90 Å². The van der Waals surface area contributed by atoms with E-state index >= 15 is 0 Å². The van der Waals surface area contributed by atoms with Gasteiger partial charge in [0.15, 0.2) is 0 Å². The zero-order valence-electron chi connectivity index (χ0n) is 10.5. The fourth-order valence-corrected chi connectivity index (χ4v) is 2.06. The predicted molar refractivity (Wildman–Crippen MR) is 74.3 cm³/mol. The molecule has 0 bridgehead atoms. The first-order valence-corrected chi connectivity index (χ1v) is 6.67. The van der Waals surface area contributed by atoms with Crippen molar-refractivity contribution in [1.82, 2.24) is 4.90 Å². The Bertz CT molecular complexity index is 423. The molecule has 1 rings (SSSR count). The van der Waals surface area contributed by atoms with Crippen LogP contribution < -0.4 is 0 Å². The van der Waals surface area contributed by atoms with E-state index in [1.54, 1.807) is 23.1 Å². The smallest absolute Gasteiger partial charge is 0.255 e. The number of likely N-dealkylation sites (N-methyl/N-ethyl adjacent to an activating group) is 1. The lowest BCUT2D eigenvalue weighted by atomic mass is 10.1. The number of hydrogen-bond donors (Lipinski definition) is 1. The number of aliphatic hydroxyl groups is 1. The SMILES string of the molecule is CCC(O)CN(CC)C(=O)c1ccc(Cl)cc1Cl. The van der Waals surface area contributed by atoms with Gasteiger partial charge < -0.3 is 10.0 Å². The topological polar surface area (TPSA) is 40.5 Å². The van der Waals surface area contributed by atoms with Crippen LogP contribution in [-0.4, -0.2) is 35.1 Å². The average molecular weight is 290 g/mol. The Morgan fingerprint density at radius 1 is 1.39 bits per heavy atom. The minimum atomic E-state index is -0.514. The van der Waals surface area contributed by atoms with Crippen molar-refractivity contribution in [3.05, 3.63) is 33.8 Å². The fourth-order valence-electron chi connectivity index (χ4n) is 1.57. The van der Waals surface area contributed by atoms with E-state index in [0.29, 0.717) is 35.1 Å². The number of nitrogens with zero attached hydrogens (tertiary/aromatic N) is 1. The van der Waals surface area contributed by atoms with Gasteiger partial charge in [-0.25, -0.2) is 0 Å². The van der Waals surface area contributed by atoms with Gasteiger partial charge in [-0.3, -0.25) is 4.79 Å². The van der Waals surface area contributed by atoms with Crippen molar-refractivity contribution >= 4 is 29.1 Å². The van der Waals surface area contributed by atoms with E-state index < -0.39 is 6.10 Å². The van der Waals surface area contributed by atoms with Crippen LogP contribution in [0.3, 0.4) is 0 Å². The molecule has 0 fully saturated rings. The van der Waals surface area contributed by atoms with Gasteiger partial charge in [0.05, 0.1) is 16.7 Å². The van der Waals surface area contributed by atoms with E-state index in [2.05, 4.69) is 0 Å². The first-order chi connectivity index (χ1) is 8.49. The van der Waals surface area contributed by atoms with E-state index in [-0.39, 0.29) is 5.91 Å². The molecule has 0 radical (unpaired) electrons. The summed E-state index contributed by atoms with van der Waals surface area (Å²) in [4.78, 5) is 13.8. The highest BCUT2D eigenvalue weighted by atomic mass is 35.5. The molecule has 0 aliphatic heterocycles. The molecule has 1 aromatic rings. The summed E-state index contributed by atoms with van der Waals surface area (Å²) in [6, 6.07) is 4.78. The maximum Gasteiger partial charge on any atom is 0.255 e. The van der Waals surface area contributed by atoms with Crippen LogP contribution in [0.2, 0.25) is 10.0 Å². The predicted octanol–water partition coefficient (Wildman–Crippen LogP) is 3.23. The van der Waals surface area contributed by atoms with E-state index in [0.717, 1.165) is 0 Å². The summed E-state index contributed by atoms with van der Waals surface area (Å²) in [5.41, 5.74) is 0.409. The summed E-state index contributed by atoms with van der Waals surface area (Å²) in [5.74, 6) is -0.188. The second-order valence-electron chi connectivity index (χ2n) is 4.03. The lowest BCUT2D eigenvalue weighted by Gasteiger charge is -2.23. The number of halogens is 2. The molecule has 1 unspecified atom stereocenters. The van der Waals surface area contributed by atoms with Crippen LogP contribution in [0.25, 0.3) is 0 Å². The Morgan fingerprint density at radius 2 is 2.06 bits per heavy atom. The number of rotatable bonds is 5. The Hall–Kier alpha value is -0.770. The normalized spacial score (nSPS) is 12.3. The Morgan fingerprint density at radius 3 is 2.56 bits per heavy atom. The first-order valence-electron chi connectivity index (χ1n) is 5.92. The molecule has 5 heteroatoms. The summed E-state index contributed by atoms with van der Waals surface area (Å²) in [6.07, 6.45) is 0.0953. The fraction of sp³-hybridized carbons (Fsp3) is 0.462. The van der Waals surface area contributed by atoms with Gasteiger partial charge in [0.2, 0.25) is 0 Å². The molecule has 3 nitrogen and oxygen atoms in total. The lowest BCUT2D eigenvalue weighted by molar-refractivity contribution is 0.0630. The number of aliphatic hydroxyl groups excluding tert-OH is 1. The van der Waals surface area contributed by atoms with Crippen molar-refractivity contribution in [3.8, 4) is 0 Å². The Labute approximate surface area is 117 Å². The summed E-state index contributed by atoms with van der Waals surface area (Å²) < 4.78 is 0. The van der Waals surface area contributed by atoms with Crippen molar-refractivity contribution in [2.45, 2.75) is 26.4 Å².